The normalized spacial score (nSPS) is 11.2. The fourth-order valence-corrected chi connectivity index (χ4v) is 4.87. The first-order valence-electron chi connectivity index (χ1n) is 12.2. The van der Waals surface area contributed by atoms with E-state index in [0.717, 1.165) is 11.8 Å². The van der Waals surface area contributed by atoms with Crippen molar-refractivity contribution in [2.75, 3.05) is 16.4 Å². The molecule has 3 N–H and O–H groups in total. The summed E-state index contributed by atoms with van der Waals surface area (Å²) < 4.78 is 54.6. The minimum Gasteiger partial charge on any atom is -0.321 e. The molecule has 0 fully saturated rings. The van der Waals surface area contributed by atoms with Crippen LogP contribution in [0.5, 0.6) is 0 Å². The predicted octanol–water partition coefficient (Wildman–Crippen LogP) is 7.69. The van der Waals surface area contributed by atoms with Gasteiger partial charge in [-0.05, 0) is 48.5 Å². The molecule has 0 saturated carbocycles. The fraction of sp³-hybridized carbons (Fsp3) is 0.0333. The maximum atomic E-state index is 13.9. The van der Waals surface area contributed by atoms with E-state index in [1.807, 2.05) is 5.32 Å². The van der Waals surface area contributed by atoms with Gasteiger partial charge in [0.2, 0.25) is 5.91 Å². The van der Waals surface area contributed by atoms with E-state index in [9.17, 15) is 31.9 Å². The van der Waals surface area contributed by atoms with Gasteiger partial charge in [-0.1, -0.05) is 53.5 Å². The highest BCUT2D eigenvalue weighted by Gasteiger charge is 2.21. The van der Waals surface area contributed by atoms with Crippen LogP contribution in [0.15, 0.2) is 89.5 Å². The molecule has 0 bridgehead atoms. The van der Waals surface area contributed by atoms with Crippen LogP contribution >= 0.6 is 35.0 Å². The summed E-state index contributed by atoms with van der Waals surface area (Å²) in [5, 5.41) is 7.53. The lowest BCUT2D eigenvalue weighted by molar-refractivity contribution is -0.114. The van der Waals surface area contributed by atoms with E-state index in [1.165, 1.54) is 12.1 Å². The topological polar surface area (TPSA) is 87.3 Å². The molecule has 0 aromatic heterocycles. The number of hydrogen-bond acceptors (Lipinski definition) is 4. The third-order valence-corrected chi connectivity index (χ3v) is 7.31. The van der Waals surface area contributed by atoms with Crippen molar-refractivity contribution in [3.8, 4) is 0 Å². The molecule has 0 atom stereocenters. The van der Waals surface area contributed by atoms with Crippen LogP contribution in [-0.2, 0) is 9.59 Å². The number of benzene rings is 4. The van der Waals surface area contributed by atoms with Gasteiger partial charge >= 0.3 is 0 Å². The van der Waals surface area contributed by atoms with Crippen LogP contribution in [0, 0.1) is 23.3 Å². The zero-order chi connectivity index (χ0) is 31.1. The average Bonchev–Trinajstić information content (AvgIpc) is 2.99. The lowest BCUT2D eigenvalue weighted by Gasteiger charge is -2.13. The molecular weight excluding hydrogens is 629 g/mol. The molecule has 4 aromatic carbocycles. The molecule has 0 saturated heterocycles. The van der Waals surface area contributed by atoms with Gasteiger partial charge < -0.3 is 16.0 Å². The Balaban J connectivity index is 1.49. The molecule has 0 heterocycles. The Labute approximate surface area is 257 Å². The summed E-state index contributed by atoms with van der Waals surface area (Å²) >= 11 is 13.5. The molecule has 0 aliphatic carbocycles. The molecule has 0 spiro atoms. The second kappa shape index (κ2) is 14.2. The first kappa shape index (κ1) is 31.6. The zero-order valence-electron chi connectivity index (χ0n) is 21.7. The number of thioether (sulfide) groups is 1. The number of hydrogen-bond donors (Lipinski definition) is 3. The lowest BCUT2D eigenvalue weighted by atomic mass is 10.1. The first-order chi connectivity index (χ1) is 20.5. The Morgan fingerprint density at radius 1 is 0.767 bits per heavy atom. The van der Waals surface area contributed by atoms with Crippen molar-refractivity contribution >= 4 is 70.1 Å². The van der Waals surface area contributed by atoms with E-state index in [2.05, 4.69) is 10.6 Å². The highest BCUT2D eigenvalue weighted by Crippen LogP contribution is 2.28. The molecule has 3 amide bonds. The second-order valence-corrected chi connectivity index (χ2v) is 10.5. The number of rotatable bonds is 9. The minimum atomic E-state index is -1.73. The van der Waals surface area contributed by atoms with E-state index >= 15 is 0 Å². The predicted molar refractivity (Wildman–Crippen MR) is 159 cm³/mol. The SMILES string of the molecule is O=C(CSc1cccc(NC(=O)/C(=C\c2c(Cl)cccc2Cl)NC(=O)c2ccccc2)c1)Nc1c(F)c(F)cc(F)c1F. The summed E-state index contributed by atoms with van der Waals surface area (Å²) in [4.78, 5) is 38.9. The van der Waals surface area contributed by atoms with Gasteiger partial charge in [-0.25, -0.2) is 17.6 Å². The van der Waals surface area contributed by atoms with Crippen LogP contribution in [0.25, 0.3) is 6.08 Å². The van der Waals surface area contributed by atoms with Crippen LogP contribution in [0.2, 0.25) is 10.0 Å². The lowest BCUT2D eigenvalue weighted by Crippen LogP contribution is -2.30. The maximum absolute atomic E-state index is 13.9. The van der Waals surface area contributed by atoms with Crippen LogP contribution < -0.4 is 16.0 Å². The molecule has 6 nitrogen and oxygen atoms in total. The maximum Gasteiger partial charge on any atom is 0.272 e. The molecule has 0 radical (unpaired) electrons. The molecule has 13 heteroatoms. The average molecular weight is 648 g/mol. The first-order valence-corrected chi connectivity index (χ1v) is 14.0. The molecule has 4 aromatic rings. The van der Waals surface area contributed by atoms with Crippen molar-refractivity contribution in [1.82, 2.24) is 5.32 Å². The van der Waals surface area contributed by atoms with Crippen molar-refractivity contribution in [1.29, 1.82) is 0 Å². The standard InChI is InChI=1S/C30H19Cl2F4N3O3S/c31-20-10-5-11-21(32)19(20)13-24(38-29(41)16-6-2-1-3-7-16)30(42)37-17-8-4-9-18(12-17)43-15-25(40)39-28-26(35)22(33)14-23(34)27(28)36/h1-14H,15H2,(H,37,42)(H,38,41)(H,39,40)/b24-13+. The quantitative estimate of drug-likeness (QED) is 0.0752. The Hall–Kier alpha value is -4.32. The van der Waals surface area contributed by atoms with Crippen molar-refractivity contribution < 1.29 is 31.9 Å². The Bertz CT molecular complexity index is 1690. The number of amides is 3. The molecule has 0 aliphatic rings. The van der Waals surface area contributed by atoms with Gasteiger partial charge in [-0.2, -0.15) is 0 Å². The minimum absolute atomic E-state index is 0.0333. The van der Waals surface area contributed by atoms with Crippen molar-refractivity contribution in [3.05, 3.63) is 129 Å². The molecular formula is C30H19Cl2F4N3O3S. The summed E-state index contributed by atoms with van der Waals surface area (Å²) in [7, 11) is 0. The summed E-state index contributed by atoms with van der Waals surface area (Å²) in [6.45, 7) is 0. The van der Waals surface area contributed by atoms with Crippen molar-refractivity contribution in [2.24, 2.45) is 0 Å². The zero-order valence-corrected chi connectivity index (χ0v) is 24.0. The highest BCUT2D eigenvalue weighted by molar-refractivity contribution is 8.00. The summed E-state index contributed by atoms with van der Waals surface area (Å²) in [5.41, 5.74) is -0.549. The van der Waals surface area contributed by atoms with E-state index in [1.54, 1.807) is 66.7 Å². The van der Waals surface area contributed by atoms with Crippen molar-refractivity contribution in [2.45, 2.75) is 4.90 Å². The summed E-state index contributed by atoms with van der Waals surface area (Å²) in [6.07, 6.45) is 1.33. The third kappa shape index (κ3) is 8.16. The van der Waals surface area contributed by atoms with Gasteiger partial charge in [0.15, 0.2) is 23.3 Å². The third-order valence-electron chi connectivity index (χ3n) is 5.66. The Morgan fingerprint density at radius 2 is 1.40 bits per heavy atom. The molecule has 43 heavy (non-hydrogen) atoms. The highest BCUT2D eigenvalue weighted by atomic mass is 35.5. The van der Waals surface area contributed by atoms with Crippen LogP contribution in [0.1, 0.15) is 15.9 Å². The monoisotopic (exact) mass is 647 g/mol. The smallest absolute Gasteiger partial charge is 0.272 e. The van der Waals surface area contributed by atoms with Gasteiger partial charge in [0.05, 0.1) is 5.75 Å². The number of anilines is 2. The molecule has 4 rings (SSSR count). The van der Waals surface area contributed by atoms with E-state index in [-0.39, 0.29) is 27.5 Å². The van der Waals surface area contributed by atoms with Gasteiger partial charge in [0.25, 0.3) is 11.8 Å². The number of nitrogens with one attached hydrogen (secondary N) is 3. The number of carbonyl (C=O) groups excluding carboxylic acids is 3. The van der Waals surface area contributed by atoms with Crippen LogP contribution in [-0.4, -0.2) is 23.5 Å². The van der Waals surface area contributed by atoms with E-state index in [4.69, 9.17) is 23.2 Å². The summed E-state index contributed by atoms with van der Waals surface area (Å²) in [6, 6.07) is 19.2. The van der Waals surface area contributed by atoms with Crippen LogP contribution in [0.3, 0.4) is 0 Å². The largest absolute Gasteiger partial charge is 0.321 e. The van der Waals surface area contributed by atoms with Gasteiger partial charge in [0.1, 0.15) is 11.4 Å². The van der Waals surface area contributed by atoms with E-state index in [0.29, 0.717) is 16.0 Å². The van der Waals surface area contributed by atoms with E-state index < -0.39 is 52.4 Å². The molecule has 0 unspecified atom stereocenters. The Kier molecular flexibility index (Phi) is 10.5. The Morgan fingerprint density at radius 3 is 2.05 bits per heavy atom. The summed E-state index contributed by atoms with van der Waals surface area (Å²) in [5.74, 6) is -9.39. The van der Waals surface area contributed by atoms with Crippen molar-refractivity contribution in [3.63, 3.8) is 0 Å². The number of carbonyl (C=O) groups is 3. The number of halogens is 6. The van der Waals surface area contributed by atoms with Gasteiger partial charge in [0, 0.05) is 37.8 Å². The molecule has 220 valence electrons. The molecule has 0 aliphatic heterocycles. The van der Waals surface area contributed by atoms with Gasteiger partial charge in [-0.15, -0.1) is 11.8 Å². The fourth-order valence-electron chi connectivity index (χ4n) is 3.60. The second-order valence-electron chi connectivity index (χ2n) is 8.68. The van der Waals surface area contributed by atoms with Crippen LogP contribution in [0.4, 0.5) is 28.9 Å². The van der Waals surface area contributed by atoms with Gasteiger partial charge in [-0.3, -0.25) is 14.4 Å².